The maximum atomic E-state index is 10.9. The van der Waals surface area contributed by atoms with Gasteiger partial charge in [-0.3, -0.25) is 4.79 Å². The van der Waals surface area contributed by atoms with Crippen LogP contribution < -0.4 is 0 Å². The number of hydrogen-bond donors (Lipinski definition) is 0. The fourth-order valence-electron chi connectivity index (χ4n) is 1.79. The van der Waals surface area contributed by atoms with E-state index in [-0.39, 0.29) is 17.3 Å². The van der Waals surface area contributed by atoms with Gasteiger partial charge in [-0.25, -0.2) is 0 Å². The van der Waals surface area contributed by atoms with E-state index in [1.54, 1.807) is 0 Å². The number of carbonyl (C=O) groups is 1. The molecule has 0 bridgehead atoms. The highest BCUT2D eigenvalue weighted by molar-refractivity contribution is 8.04. The molecule has 0 aromatic rings. The second kappa shape index (κ2) is 5.92. The van der Waals surface area contributed by atoms with Crippen molar-refractivity contribution in [1.29, 1.82) is 5.26 Å². The van der Waals surface area contributed by atoms with Crippen molar-refractivity contribution in [2.24, 2.45) is 0 Å². The quantitative estimate of drug-likeness (QED) is 0.401. The van der Waals surface area contributed by atoms with Gasteiger partial charge in [-0.2, -0.15) is 5.26 Å². The zero-order valence-electron chi connectivity index (χ0n) is 8.36. The van der Waals surface area contributed by atoms with Crippen molar-refractivity contribution in [2.45, 2.75) is 50.4 Å². The van der Waals surface area contributed by atoms with E-state index in [0.29, 0.717) is 0 Å². The van der Waals surface area contributed by atoms with Gasteiger partial charge in [0.25, 0.3) is 0 Å². The summed E-state index contributed by atoms with van der Waals surface area (Å²) in [7, 11) is 0. The Morgan fingerprint density at radius 3 is 2.79 bits per heavy atom. The molecule has 14 heavy (non-hydrogen) atoms. The van der Waals surface area contributed by atoms with E-state index in [4.69, 9.17) is 10.00 Å². The second-order valence-corrected chi connectivity index (χ2v) is 4.56. The summed E-state index contributed by atoms with van der Waals surface area (Å²) < 4.78 is 5.23. The number of rotatable bonds is 2. The van der Waals surface area contributed by atoms with E-state index in [2.05, 4.69) is 5.40 Å². The minimum absolute atomic E-state index is 0.0559. The SMILES string of the molecule is CC(=O)O[C@@H]1CCCCC[C@H]1SC#N. The summed E-state index contributed by atoms with van der Waals surface area (Å²) in [4.78, 5) is 10.9. The standard InChI is InChI=1S/C10H15NO2S/c1-8(12)13-9-5-3-2-4-6-10(9)14-7-11/h9-10H,2-6H2,1H3/t9-,10-/m1/s1. The van der Waals surface area contributed by atoms with Crippen molar-refractivity contribution in [1.82, 2.24) is 0 Å². The van der Waals surface area contributed by atoms with Crippen LogP contribution in [0, 0.1) is 10.7 Å². The third-order valence-electron chi connectivity index (χ3n) is 2.41. The monoisotopic (exact) mass is 213 g/mol. The molecule has 0 radical (unpaired) electrons. The van der Waals surface area contributed by atoms with E-state index in [9.17, 15) is 4.79 Å². The van der Waals surface area contributed by atoms with Crippen LogP contribution >= 0.6 is 11.8 Å². The van der Waals surface area contributed by atoms with Crippen LogP contribution in [-0.4, -0.2) is 17.3 Å². The lowest BCUT2D eigenvalue weighted by Gasteiger charge is -2.21. The Morgan fingerprint density at radius 1 is 1.43 bits per heavy atom. The van der Waals surface area contributed by atoms with Gasteiger partial charge in [0.15, 0.2) is 0 Å². The van der Waals surface area contributed by atoms with Crippen molar-refractivity contribution in [3.63, 3.8) is 0 Å². The molecule has 0 heterocycles. The molecule has 0 saturated heterocycles. The molecule has 0 aliphatic heterocycles. The molecule has 0 N–H and O–H groups in total. The van der Waals surface area contributed by atoms with Gasteiger partial charge >= 0.3 is 5.97 Å². The molecule has 1 fully saturated rings. The van der Waals surface area contributed by atoms with E-state index < -0.39 is 0 Å². The average Bonchev–Trinajstić information content (AvgIpc) is 2.32. The summed E-state index contributed by atoms with van der Waals surface area (Å²) in [6, 6.07) is 0. The van der Waals surface area contributed by atoms with Crippen LogP contribution in [-0.2, 0) is 9.53 Å². The van der Waals surface area contributed by atoms with E-state index >= 15 is 0 Å². The first kappa shape index (κ1) is 11.4. The van der Waals surface area contributed by atoms with Crippen molar-refractivity contribution in [3.05, 3.63) is 0 Å². The fourth-order valence-corrected chi connectivity index (χ4v) is 2.55. The first-order valence-corrected chi connectivity index (χ1v) is 5.84. The zero-order chi connectivity index (χ0) is 10.4. The number of nitriles is 1. The van der Waals surface area contributed by atoms with Crippen molar-refractivity contribution < 1.29 is 9.53 Å². The van der Waals surface area contributed by atoms with Gasteiger partial charge in [0.1, 0.15) is 11.5 Å². The molecular weight excluding hydrogens is 198 g/mol. The smallest absolute Gasteiger partial charge is 0.302 e. The average molecular weight is 213 g/mol. The van der Waals surface area contributed by atoms with Gasteiger partial charge in [-0.1, -0.05) is 12.8 Å². The lowest BCUT2D eigenvalue weighted by molar-refractivity contribution is -0.146. The molecule has 0 spiro atoms. The molecule has 2 atom stereocenters. The topological polar surface area (TPSA) is 50.1 Å². The van der Waals surface area contributed by atoms with Crippen LogP contribution in [0.1, 0.15) is 39.0 Å². The fraction of sp³-hybridized carbons (Fsp3) is 0.800. The predicted molar refractivity (Wildman–Crippen MR) is 55.6 cm³/mol. The van der Waals surface area contributed by atoms with Crippen LogP contribution in [0.15, 0.2) is 0 Å². The maximum absolute atomic E-state index is 10.9. The van der Waals surface area contributed by atoms with Crippen LogP contribution in [0.2, 0.25) is 0 Å². The minimum Gasteiger partial charge on any atom is -0.461 e. The Balaban J connectivity index is 2.54. The lowest BCUT2D eigenvalue weighted by atomic mass is 10.1. The Hall–Kier alpha value is -0.690. The summed E-state index contributed by atoms with van der Waals surface area (Å²) in [6.07, 6.45) is 5.24. The second-order valence-electron chi connectivity index (χ2n) is 3.53. The van der Waals surface area contributed by atoms with Gasteiger partial charge in [-0.05, 0) is 31.0 Å². The molecule has 1 saturated carbocycles. The summed E-state index contributed by atoms with van der Waals surface area (Å²) in [5.74, 6) is -0.236. The van der Waals surface area contributed by atoms with Gasteiger partial charge in [0, 0.05) is 6.92 Å². The molecule has 1 aliphatic carbocycles. The summed E-state index contributed by atoms with van der Waals surface area (Å²) >= 11 is 1.24. The molecule has 0 aromatic carbocycles. The number of hydrogen-bond acceptors (Lipinski definition) is 4. The number of thiocyanates is 1. The summed E-state index contributed by atoms with van der Waals surface area (Å²) in [5, 5.41) is 10.9. The molecule has 0 unspecified atom stereocenters. The molecule has 0 amide bonds. The first-order chi connectivity index (χ1) is 6.74. The molecule has 3 nitrogen and oxygen atoms in total. The Morgan fingerprint density at radius 2 is 2.14 bits per heavy atom. The van der Waals surface area contributed by atoms with Gasteiger partial charge in [-0.15, -0.1) is 0 Å². The zero-order valence-corrected chi connectivity index (χ0v) is 9.18. The third kappa shape index (κ3) is 3.59. The van der Waals surface area contributed by atoms with E-state index in [1.807, 2.05) is 0 Å². The minimum atomic E-state index is -0.236. The number of esters is 1. The largest absolute Gasteiger partial charge is 0.461 e. The highest BCUT2D eigenvalue weighted by atomic mass is 32.2. The van der Waals surface area contributed by atoms with Crippen molar-refractivity contribution in [2.75, 3.05) is 0 Å². The lowest BCUT2D eigenvalue weighted by Crippen LogP contribution is -2.26. The van der Waals surface area contributed by atoms with Crippen LogP contribution in [0.5, 0.6) is 0 Å². The van der Waals surface area contributed by atoms with Gasteiger partial charge in [0.05, 0.1) is 5.25 Å². The molecule has 0 aromatic heterocycles. The Bertz CT molecular complexity index is 237. The van der Waals surface area contributed by atoms with Crippen LogP contribution in [0.25, 0.3) is 0 Å². The summed E-state index contributed by atoms with van der Waals surface area (Å²) in [6.45, 7) is 1.43. The summed E-state index contributed by atoms with van der Waals surface area (Å²) in [5.41, 5.74) is 0. The Kier molecular flexibility index (Phi) is 4.81. The molecule has 1 rings (SSSR count). The first-order valence-electron chi connectivity index (χ1n) is 4.96. The predicted octanol–water partition coefficient (Wildman–Crippen LogP) is 2.47. The van der Waals surface area contributed by atoms with Gasteiger partial charge in [0.2, 0.25) is 0 Å². The molecular formula is C10H15NO2S. The maximum Gasteiger partial charge on any atom is 0.302 e. The number of nitrogens with zero attached hydrogens (tertiary/aromatic N) is 1. The van der Waals surface area contributed by atoms with E-state index in [1.165, 1.54) is 25.1 Å². The highest BCUT2D eigenvalue weighted by Crippen LogP contribution is 2.29. The van der Waals surface area contributed by atoms with E-state index in [0.717, 1.165) is 25.7 Å². The van der Waals surface area contributed by atoms with Crippen LogP contribution in [0.3, 0.4) is 0 Å². The normalized spacial score (nSPS) is 27.4. The molecule has 78 valence electrons. The van der Waals surface area contributed by atoms with Crippen LogP contribution in [0.4, 0.5) is 0 Å². The number of ether oxygens (including phenoxy) is 1. The molecule has 4 heteroatoms. The third-order valence-corrected chi connectivity index (χ3v) is 3.36. The van der Waals surface area contributed by atoms with Gasteiger partial charge < -0.3 is 4.74 Å². The Labute approximate surface area is 88.8 Å². The molecule has 1 aliphatic rings. The number of carbonyl (C=O) groups excluding carboxylic acids is 1. The van der Waals surface area contributed by atoms with Crippen molar-refractivity contribution >= 4 is 17.7 Å². The highest BCUT2D eigenvalue weighted by Gasteiger charge is 2.26. The number of thioether (sulfide) groups is 1. The van der Waals surface area contributed by atoms with Crippen molar-refractivity contribution in [3.8, 4) is 5.40 Å².